The number of carbonyl (C=O) groups is 1. The first kappa shape index (κ1) is 14.8. The minimum Gasteiger partial charge on any atom is -0.480 e. The number of aromatic nitrogens is 2. The maximum absolute atomic E-state index is 12.7. The Morgan fingerprint density at radius 1 is 1.23 bits per heavy atom. The summed E-state index contributed by atoms with van der Waals surface area (Å²) in [6.07, 6.45) is 1.62. The van der Waals surface area contributed by atoms with Gasteiger partial charge in [-0.05, 0) is 37.5 Å². The highest BCUT2D eigenvalue weighted by Crippen LogP contribution is 2.26. The summed E-state index contributed by atoms with van der Waals surface area (Å²) in [6, 6.07) is 3.16. The predicted octanol–water partition coefficient (Wildman–Crippen LogP) is 0.484. The van der Waals surface area contributed by atoms with Crippen molar-refractivity contribution >= 4 is 27.0 Å². The summed E-state index contributed by atoms with van der Waals surface area (Å²) in [7, 11) is -3.92. The lowest BCUT2D eigenvalue weighted by molar-refractivity contribution is -0.142. The number of aromatic amines is 2. The summed E-state index contributed by atoms with van der Waals surface area (Å²) >= 11 is 0. The van der Waals surface area contributed by atoms with Gasteiger partial charge in [0.2, 0.25) is 10.0 Å². The van der Waals surface area contributed by atoms with E-state index in [2.05, 4.69) is 9.97 Å². The third-order valence-corrected chi connectivity index (χ3v) is 5.74. The fraction of sp³-hybridized carbons (Fsp3) is 0.385. The van der Waals surface area contributed by atoms with Crippen LogP contribution < -0.4 is 5.69 Å². The lowest BCUT2D eigenvalue weighted by Crippen LogP contribution is -2.47. The molecule has 0 saturated carbocycles. The van der Waals surface area contributed by atoms with Crippen LogP contribution in [0.3, 0.4) is 0 Å². The zero-order valence-corrected chi connectivity index (χ0v) is 12.4. The normalized spacial score (nSPS) is 20.3. The number of hydrogen-bond donors (Lipinski definition) is 3. The Balaban J connectivity index is 2.06. The summed E-state index contributed by atoms with van der Waals surface area (Å²) in [5.41, 5.74) is 0.443. The minimum absolute atomic E-state index is 0.0246. The van der Waals surface area contributed by atoms with Crippen molar-refractivity contribution in [1.82, 2.24) is 14.3 Å². The number of hydrogen-bond acceptors (Lipinski definition) is 4. The largest absolute Gasteiger partial charge is 0.480 e. The molecule has 0 radical (unpaired) electrons. The van der Waals surface area contributed by atoms with Crippen LogP contribution in [0.15, 0.2) is 27.9 Å². The van der Waals surface area contributed by atoms with Gasteiger partial charge in [-0.15, -0.1) is 0 Å². The van der Waals surface area contributed by atoms with Crippen molar-refractivity contribution in [2.45, 2.75) is 30.2 Å². The predicted molar refractivity (Wildman–Crippen MR) is 78.1 cm³/mol. The molecule has 0 spiro atoms. The van der Waals surface area contributed by atoms with E-state index in [9.17, 15) is 23.1 Å². The number of carboxylic acids is 1. The number of sulfonamides is 1. The van der Waals surface area contributed by atoms with Crippen LogP contribution in [0.2, 0.25) is 0 Å². The Morgan fingerprint density at radius 2 is 1.95 bits per heavy atom. The molecule has 0 amide bonds. The molecule has 0 unspecified atom stereocenters. The molecule has 1 aliphatic heterocycles. The fourth-order valence-electron chi connectivity index (χ4n) is 2.75. The summed E-state index contributed by atoms with van der Waals surface area (Å²) in [5.74, 6) is -1.14. The van der Waals surface area contributed by atoms with E-state index in [1.54, 1.807) is 0 Å². The van der Waals surface area contributed by atoms with E-state index in [0.717, 1.165) is 4.31 Å². The number of H-pyrrole nitrogens is 2. The van der Waals surface area contributed by atoms with Crippen LogP contribution in [0, 0.1) is 0 Å². The van der Waals surface area contributed by atoms with Crippen LogP contribution in [0.25, 0.3) is 11.0 Å². The van der Waals surface area contributed by atoms with Gasteiger partial charge in [0.15, 0.2) is 0 Å². The number of nitrogens with zero attached hydrogens (tertiary/aromatic N) is 1. The SMILES string of the molecule is O=C(O)[C@H]1CCCCN1S(=O)(=O)c1ccc2[nH]c(=O)[nH]c2c1. The van der Waals surface area contributed by atoms with Crippen molar-refractivity contribution in [3.05, 3.63) is 28.7 Å². The van der Waals surface area contributed by atoms with Crippen LogP contribution in [0.1, 0.15) is 19.3 Å². The molecule has 1 aromatic heterocycles. The van der Waals surface area contributed by atoms with Gasteiger partial charge < -0.3 is 15.1 Å². The Bertz CT molecular complexity index is 882. The Morgan fingerprint density at radius 3 is 2.68 bits per heavy atom. The second-order valence-electron chi connectivity index (χ2n) is 5.25. The Kier molecular flexibility index (Phi) is 3.53. The number of imidazole rings is 1. The molecule has 3 rings (SSSR count). The molecule has 0 bridgehead atoms. The first-order chi connectivity index (χ1) is 10.4. The summed E-state index contributed by atoms with van der Waals surface area (Å²) in [5, 5.41) is 9.24. The summed E-state index contributed by atoms with van der Waals surface area (Å²) in [6.45, 7) is 0.182. The third kappa shape index (κ3) is 2.42. The fourth-order valence-corrected chi connectivity index (χ4v) is 4.42. The molecule has 22 heavy (non-hydrogen) atoms. The highest BCUT2D eigenvalue weighted by Gasteiger charge is 2.37. The molecule has 1 fully saturated rings. The third-order valence-electron chi connectivity index (χ3n) is 3.83. The molecular weight excluding hydrogens is 310 g/mol. The molecule has 1 aliphatic rings. The molecule has 1 atom stereocenters. The molecule has 2 heterocycles. The van der Waals surface area contributed by atoms with Gasteiger partial charge in [-0.25, -0.2) is 13.2 Å². The monoisotopic (exact) mass is 325 g/mol. The van der Waals surface area contributed by atoms with Gasteiger partial charge in [0.25, 0.3) is 0 Å². The van der Waals surface area contributed by atoms with Crippen molar-refractivity contribution in [3.63, 3.8) is 0 Å². The van der Waals surface area contributed by atoms with Crippen LogP contribution in [-0.4, -0.2) is 46.4 Å². The molecule has 118 valence electrons. The molecule has 1 aromatic carbocycles. The molecule has 0 aliphatic carbocycles. The second kappa shape index (κ2) is 5.25. The average Bonchev–Trinajstić information content (AvgIpc) is 2.86. The topological polar surface area (TPSA) is 123 Å². The number of aliphatic carboxylic acids is 1. The van der Waals surface area contributed by atoms with Crippen molar-refractivity contribution in [2.24, 2.45) is 0 Å². The summed E-state index contributed by atoms with van der Waals surface area (Å²) in [4.78, 5) is 27.5. The molecule has 8 nitrogen and oxygen atoms in total. The van der Waals surface area contributed by atoms with E-state index >= 15 is 0 Å². The van der Waals surface area contributed by atoms with E-state index in [1.165, 1.54) is 18.2 Å². The number of benzene rings is 1. The van der Waals surface area contributed by atoms with Gasteiger partial charge >= 0.3 is 11.7 Å². The lowest BCUT2D eigenvalue weighted by Gasteiger charge is -2.31. The molecule has 9 heteroatoms. The molecular formula is C13H15N3O5S. The van der Waals surface area contributed by atoms with Crippen LogP contribution in [-0.2, 0) is 14.8 Å². The summed E-state index contributed by atoms with van der Waals surface area (Å²) < 4.78 is 26.5. The van der Waals surface area contributed by atoms with Crippen LogP contribution in [0.5, 0.6) is 0 Å². The van der Waals surface area contributed by atoms with Crippen LogP contribution in [0.4, 0.5) is 0 Å². The van der Waals surface area contributed by atoms with E-state index < -0.39 is 27.7 Å². The van der Waals surface area contributed by atoms with Crippen molar-refractivity contribution < 1.29 is 18.3 Å². The van der Waals surface area contributed by atoms with Gasteiger partial charge in [-0.1, -0.05) is 0 Å². The highest BCUT2D eigenvalue weighted by atomic mass is 32.2. The lowest BCUT2D eigenvalue weighted by atomic mass is 10.1. The first-order valence-corrected chi connectivity index (χ1v) is 8.30. The van der Waals surface area contributed by atoms with Crippen LogP contribution >= 0.6 is 0 Å². The second-order valence-corrected chi connectivity index (χ2v) is 7.14. The molecule has 2 aromatic rings. The highest BCUT2D eigenvalue weighted by molar-refractivity contribution is 7.89. The maximum atomic E-state index is 12.7. The first-order valence-electron chi connectivity index (χ1n) is 6.86. The maximum Gasteiger partial charge on any atom is 0.323 e. The number of carboxylic acid groups (broad SMARTS) is 1. The van der Waals surface area contributed by atoms with Crippen molar-refractivity contribution in [1.29, 1.82) is 0 Å². The smallest absolute Gasteiger partial charge is 0.323 e. The Labute approximate surface area is 125 Å². The van der Waals surface area contributed by atoms with E-state index in [-0.39, 0.29) is 11.4 Å². The quantitative estimate of drug-likeness (QED) is 0.757. The molecule has 1 saturated heterocycles. The van der Waals surface area contributed by atoms with Gasteiger partial charge in [0.05, 0.1) is 15.9 Å². The van der Waals surface area contributed by atoms with E-state index in [1.807, 2.05) is 0 Å². The van der Waals surface area contributed by atoms with Gasteiger partial charge in [-0.2, -0.15) is 4.31 Å². The Hall–Kier alpha value is -2.13. The number of nitrogens with one attached hydrogen (secondary N) is 2. The van der Waals surface area contributed by atoms with Crippen molar-refractivity contribution in [2.75, 3.05) is 6.54 Å². The molecule has 3 N–H and O–H groups in total. The average molecular weight is 325 g/mol. The zero-order chi connectivity index (χ0) is 15.9. The van der Waals surface area contributed by atoms with E-state index in [4.69, 9.17) is 0 Å². The minimum atomic E-state index is -3.92. The van der Waals surface area contributed by atoms with Gasteiger partial charge in [-0.3, -0.25) is 4.79 Å². The number of piperidine rings is 1. The standard InChI is InChI=1S/C13H15N3O5S/c17-12(18)11-3-1-2-6-16(11)22(20,21)8-4-5-9-10(7-8)15-13(19)14-9/h4-5,7,11H,1-3,6H2,(H,17,18)(H2,14,15,19)/t11-/m1/s1. The van der Waals surface area contributed by atoms with E-state index in [0.29, 0.717) is 30.3 Å². The zero-order valence-electron chi connectivity index (χ0n) is 11.6. The van der Waals surface area contributed by atoms with Gasteiger partial charge in [0.1, 0.15) is 6.04 Å². The van der Waals surface area contributed by atoms with Gasteiger partial charge in [0, 0.05) is 6.54 Å². The number of fused-ring (bicyclic) bond motifs is 1. The van der Waals surface area contributed by atoms with Crippen molar-refractivity contribution in [3.8, 4) is 0 Å². The number of rotatable bonds is 3.